The van der Waals surface area contributed by atoms with Crippen molar-refractivity contribution in [3.63, 3.8) is 0 Å². The molecule has 0 radical (unpaired) electrons. The number of thioether (sulfide) groups is 1. The molecule has 3 nitrogen and oxygen atoms in total. The predicted octanol–water partition coefficient (Wildman–Crippen LogP) is 0.688. The van der Waals surface area contributed by atoms with E-state index < -0.39 is 5.54 Å². The Kier molecular flexibility index (Phi) is 3.24. The van der Waals surface area contributed by atoms with Crippen molar-refractivity contribution in [1.29, 1.82) is 0 Å². The molecule has 1 aliphatic rings. The zero-order valence-electron chi connectivity index (χ0n) is 8.54. The molecule has 0 aromatic rings. The molecule has 1 heterocycles. The van der Waals surface area contributed by atoms with Crippen molar-refractivity contribution in [2.45, 2.75) is 31.8 Å². The highest BCUT2D eigenvalue weighted by atomic mass is 32.2. The van der Waals surface area contributed by atoms with E-state index in [2.05, 4.69) is 0 Å². The topological polar surface area (TPSA) is 46.3 Å². The van der Waals surface area contributed by atoms with Crippen LogP contribution in [0, 0.1) is 0 Å². The molecule has 0 bridgehead atoms. The van der Waals surface area contributed by atoms with Crippen LogP contribution in [0.1, 0.15) is 20.3 Å². The molecule has 0 saturated carbocycles. The standard InChI is InChI=1S/C9H18N2OS/c1-9(2,10)8(12)11(3)7-4-5-13-6-7/h7H,4-6,10H2,1-3H3. The SMILES string of the molecule is CN(C(=O)C(C)(C)N)C1CCSC1. The Morgan fingerprint density at radius 1 is 1.62 bits per heavy atom. The molecule has 1 amide bonds. The number of likely N-dealkylation sites (N-methyl/N-ethyl adjacent to an activating group) is 1. The van der Waals surface area contributed by atoms with Crippen LogP contribution in [0.4, 0.5) is 0 Å². The lowest BCUT2D eigenvalue weighted by Gasteiger charge is -2.30. The first-order valence-corrected chi connectivity index (χ1v) is 5.72. The van der Waals surface area contributed by atoms with Gasteiger partial charge in [0.1, 0.15) is 0 Å². The minimum atomic E-state index is -0.734. The highest BCUT2D eigenvalue weighted by molar-refractivity contribution is 7.99. The zero-order chi connectivity index (χ0) is 10.1. The molecule has 1 rings (SSSR count). The molecule has 1 fully saturated rings. The highest BCUT2D eigenvalue weighted by Gasteiger charge is 2.31. The number of amides is 1. The van der Waals surface area contributed by atoms with Crippen molar-refractivity contribution >= 4 is 17.7 Å². The minimum Gasteiger partial charge on any atom is -0.340 e. The van der Waals surface area contributed by atoms with E-state index in [1.165, 1.54) is 0 Å². The van der Waals surface area contributed by atoms with Crippen molar-refractivity contribution in [2.75, 3.05) is 18.6 Å². The predicted molar refractivity (Wildman–Crippen MR) is 56.8 cm³/mol. The Balaban J connectivity index is 2.56. The van der Waals surface area contributed by atoms with Crippen molar-refractivity contribution < 1.29 is 4.79 Å². The molecule has 1 unspecified atom stereocenters. The first kappa shape index (κ1) is 10.9. The van der Waals surface area contributed by atoms with Crippen LogP contribution in [0.2, 0.25) is 0 Å². The lowest BCUT2D eigenvalue weighted by Crippen LogP contribution is -2.52. The third kappa shape index (κ3) is 2.61. The van der Waals surface area contributed by atoms with Crippen molar-refractivity contribution in [2.24, 2.45) is 5.73 Å². The first-order valence-electron chi connectivity index (χ1n) is 4.57. The molecule has 1 atom stereocenters. The summed E-state index contributed by atoms with van der Waals surface area (Å²) in [7, 11) is 1.85. The van der Waals surface area contributed by atoms with Crippen LogP contribution in [0.3, 0.4) is 0 Å². The summed E-state index contributed by atoms with van der Waals surface area (Å²) < 4.78 is 0. The lowest BCUT2D eigenvalue weighted by molar-refractivity contribution is -0.136. The van der Waals surface area contributed by atoms with Gasteiger partial charge in [-0.15, -0.1) is 0 Å². The van der Waals surface area contributed by atoms with E-state index in [0.29, 0.717) is 6.04 Å². The van der Waals surface area contributed by atoms with Gasteiger partial charge in [-0.2, -0.15) is 11.8 Å². The fourth-order valence-corrected chi connectivity index (χ4v) is 2.72. The van der Waals surface area contributed by atoms with Gasteiger partial charge >= 0.3 is 0 Å². The van der Waals surface area contributed by atoms with Crippen molar-refractivity contribution in [3.05, 3.63) is 0 Å². The second-order valence-corrected chi connectivity index (χ2v) is 5.30. The van der Waals surface area contributed by atoms with E-state index in [0.717, 1.165) is 17.9 Å². The summed E-state index contributed by atoms with van der Waals surface area (Å²) in [4.78, 5) is 13.5. The van der Waals surface area contributed by atoms with Crippen LogP contribution < -0.4 is 5.73 Å². The van der Waals surface area contributed by atoms with Crippen molar-refractivity contribution in [3.8, 4) is 0 Å². The number of hydrogen-bond donors (Lipinski definition) is 1. The van der Waals surface area contributed by atoms with E-state index in [9.17, 15) is 4.79 Å². The number of carbonyl (C=O) groups excluding carboxylic acids is 1. The third-order valence-electron chi connectivity index (χ3n) is 2.32. The van der Waals surface area contributed by atoms with E-state index in [4.69, 9.17) is 5.73 Å². The van der Waals surface area contributed by atoms with Crippen LogP contribution in [0.5, 0.6) is 0 Å². The number of rotatable bonds is 2. The summed E-state index contributed by atoms with van der Waals surface area (Å²) in [5, 5.41) is 0. The van der Waals surface area contributed by atoms with Gasteiger partial charge in [-0.25, -0.2) is 0 Å². The fourth-order valence-electron chi connectivity index (χ4n) is 1.45. The maximum absolute atomic E-state index is 11.7. The molecule has 0 spiro atoms. The van der Waals surface area contributed by atoms with Crippen LogP contribution in [0.25, 0.3) is 0 Å². The van der Waals surface area contributed by atoms with E-state index in [1.54, 1.807) is 18.7 Å². The highest BCUT2D eigenvalue weighted by Crippen LogP contribution is 2.22. The lowest BCUT2D eigenvalue weighted by atomic mass is 10.0. The second kappa shape index (κ2) is 3.88. The molecule has 0 aromatic carbocycles. The smallest absolute Gasteiger partial charge is 0.242 e. The largest absolute Gasteiger partial charge is 0.340 e. The van der Waals surface area contributed by atoms with Gasteiger partial charge in [-0.3, -0.25) is 4.79 Å². The second-order valence-electron chi connectivity index (χ2n) is 4.16. The van der Waals surface area contributed by atoms with Gasteiger partial charge in [0.2, 0.25) is 5.91 Å². The number of nitrogens with two attached hydrogens (primary N) is 1. The Labute approximate surface area is 84.0 Å². The summed E-state index contributed by atoms with van der Waals surface area (Å²) in [5.41, 5.74) is 5.02. The summed E-state index contributed by atoms with van der Waals surface area (Å²) >= 11 is 1.90. The molecule has 2 N–H and O–H groups in total. The van der Waals surface area contributed by atoms with Gasteiger partial charge < -0.3 is 10.6 Å². The molecule has 13 heavy (non-hydrogen) atoms. The number of carbonyl (C=O) groups is 1. The quantitative estimate of drug-likeness (QED) is 0.716. The fraction of sp³-hybridized carbons (Fsp3) is 0.889. The average molecular weight is 202 g/mol. The Morgan fingerprint density at radius 2 is 2.23 bits per heavy atom. The number of nitrogens with zero attached hydrogens (tertiary/aromatic N) is 1. The van der Waals surface area contributed by atoms with Crippen LogP contribution >= 0.6 is 11.8 Å². The van der Waals surface area contributed by atoms with Gasteiger partial charge in [0.05, 0.1) is 5.54 Å². The maximum atomic E-state index is 11.7. The molecule has 0 aliphatic carbocycles. The minimum absolute atomic E-state index is 0.0417. The monoisotopic (exact) mass is 202 g/mol. The number of hydrogen-bond acceptors (Lipinski definition) is 3. The molecule has 1 saturated heterocycles. The zero-order valence-corrected chi connectivity index (χ0v) is 9.36. The van der Waals surface area contributed by atoms with Gasteiger partial charge in [-0.1, -0.05) is 0 Å². The molecular weight excluding hydrogens is 184 g/mol. The van der Waals surface area contributed by atoms with Crippen LogP contribution in [-0.4, -0.2) is 40.9 Å². The summed E-state index contributed by atoms with van der Waals surface area (Å²) in [6, 6.07) is 0.389. The van der Waals surface area contributed by atoms with Crippen LogP contribution in [0.15, 0.2) is 0 Å². The average Bonchev–Trinajstić information content (AvgIpc) is 2.51. The van der Waals surface area contributed by atoms with E-state index in [1.807, 2.05) is 18.8 Å². The Morgan fingerprint density at radius 3 is 2.62 bits per heavy atom. The normalized spacial score (nSPS) is 23.2. The summed E-state index contributed by atoms with van der Waals surface area (Å²) in [6.45, 7) is 3.52. The van der Waals surface area contributed by atoms with Gasteiger partial charge in [0.25, 0.3) is 0 Å². The molecule has 1 aliphatic heterocycles. The summed E-state index contributed by atoms with van der Waals surface area (Å²) in [5.74, 6) is 2.26. The molecule has 0 aromatic heterocycles. The van der Waals surface area contributed by atoms with Crippen molar-refractivity contribution in [1.82, 2.24) is 4.90 Å². The Bertz CT molecular complexity index is 194. The van der Waals surface area contributed by atoms with E-state index in [-0.39, 0.29) is 5.91 Å². The molecular formula is C9H18N2OS. The molecule has 4 heteroatoms. The van der Waals surface area contributed by atoms with E-state index >= 15 is 0 Å². The van der Waals surface area contributed by atoms with Gasteiger partial charge in [-0.05, 0) is 26.0 Å². The first-order chi connectivity index (χ1) is 5.93. The third-order valence-corrected chi connectivity index (χ3v) is 3.47. The molecule has 76 valence electrons. The maximum Gasteiger partial charge on any atom is 0.242 e. The Hall–Kier alpha value is -0.220. The van der Waals surface area contributed by atoms with Gasteiger partial charge in [0, 0.05) is 18.8 Å². The van der Waals surface area contributed by atoms with Crippen LogP contribution in [-0.2, 0) is 4.79 Å². The van der Waals surface area contributed by atoms with Gasteiger partial charge in [0.15, 0.2) is 0 Å². The summed E-state index contributed by atoms with van der Waals surface area (Å²) in [6.07, 6.45) is 1.10.